The highest BCUT2D eigenvalue weighted by atomic mass is 19.2. The Bertz CT molecular complexity index is 590. The average Bonchev–Trinajstić information content (AvgIpc) is 2.54. The van der Waals surface area contributed by atoms with Crippen molar-refractivity contribution in [2.24, 2.45) is 5.73 Å². The zero-order chi connectivity index (χ0) is 17.0. The van der Waals surface area contributed by atoms with Crippen LogP contribution in [0.1, 0.15) is 49.4 Å². The quantitative estimate of drug-likeness (QED) is 0.847. The molecule has 2 rings (SSSR count). The number of benzene rings is 1. The summed E-state index contributed by atoms with van der Waals surface area (Å²) in [6, 6.07) is 2.92. The van der Waals surface area contributed by atoms with Crippen LogP contribution in [0.15, 0.2) is 18.2 Å². The molecule has 1 heterocycles. The van der Waals surface area contributed by atoms with Crippen LogP contribution in [-0.2, 0) is 4.79 Å². The van der Waals surface area contributed by atoms with Gasteiger partial charge >= 0.3 is 0 Å². The molecule has 1 aromatic carbocycles. The summed E-state index contributed by atoms with van der Waals surface area (Å²) in [7, 11) is 0. The van der Waals surface area contributed by atoms with Gasteiger partial charge in [-0.05, 0) is 44.4 Å². The molecule has 0 radical (unpaired) electrons. The van der Waals surface area contributed by atoms with Crippen LogP contribution in [0.2, 0.25) is 0 Å². The van der Waals surface area contributed by atoms with Crippen molar-refractivity contribution in [2.45, 2.75) is 51.1 Å². The Morgan fingerprint density at radius 2 is 2.00 bits per heavy atom. The van der Waals surface area contributed by atoms with Gasteiger partial charge < -0.3 is 10.6 Å². The first-order valence-corrected chi connectivity index (χ1v) is 7.93. The second-order valence-electron chi connectivity index (χ2n) is 6.06. The molecule has 0 bridgehead atoms. The highest BCUT2D eigenvalue weighted by Gasteiger charge is 2.29. The molecule has 1 aromatic rings. The van der Waals surface area contributed by atoms with E-state index in [1.165, 1.54) is 6.07 Å². The SMILES string of the molecule is CC(N)C1CCCCN1C(=O)CCC(=O)c1ccc(F)c(F)c1. The predicted octanol–water partition coefficient (Wildman–Crippen LogP) is 2.66. The first-order valence-electron chi connectivity index (χ1n) is 7.93. The Morgan fingerprint density at radius 3 is 2.65 bits per heavy atom. The van der Waals surface area contributed by atoms with Gasteiger partial charge in [-0.2, -0.15) is 0 Å². The minimum atomic E-state index is -1.06. The number of carbonyl (C=O) groups is 2. The maximum Gasteiger partial charge on any atom is 0.223 e. The number of hydrogen-bond donors (Lipinski definition) is 1. The van der Waals surface area contributed by atoms with E-state index in [9.17, 15) is 18.4 Å². The van der Waals surface area contributed by atoms with Crippen molar-refractivity contribution in [3.05, 3.63) is 35.4 Å². The van der Waals surface area contributed by atoms with Crippen LogP contribution in [0, 0.1) is 11.6 Å². The van der Waals surface area contributed by atoms with Gasteiger partial charge in [0.1, 0.15) is 0 Å². The largest absolute Gasteiger partial charge is 0.338 e. The summed E-state index contributed by atoms with van der Waals surface area (Å²) in [4.78, 5) is 26.1. The molecule has 0 aromatic heterocycles. The predicted molar refractivity (Wildman–Crippen MR) is 82.9 cm³/mol. The van der Waals surface area contributed by atoms with Gasteiger partial charge in [-0.25, -0.2) is 8.78 Å². The van der Waals surface area contributed by atoms with E-state index < -0.39 is 11.6 Å². The number of halogens is 2. The maximum atomic E-state index is 13.2. The number of Topliss-reactive ketones (excluding diaryl/α,β-unsaturated/α-hetero) is 1. The van der Waals surface area contributed by atoms with Gasteiger partial charge in [-0.15, -0.1) is 0 Å². The van der Waals surface area contributed by atoms with E-state index in [0.29, 0.717) is 6.54 Å². The first-order chi connectivity index (χ1) is 10.9. The highest BCUT2D eigenvalue weighted by Crippen LogP contribution is 2.21. The molecule has 126 valence electrons. The lowest BCUT2D eigenvalue weighted by molar-refractivity contribution is -0.135. The molecule has 1 fully saturated rings. The van der Waals surface area contributed by atoms with Gasteiger partial charge in [0.15, 0.2) is 17.4 Å². The molecule has 2 unspecified atom stereocenters. The van der Waals surface area contributed by atoms with Gasteiger partial charge in [0.05, 0.1) is 0 Å². The number of piperidine rings is 1. The second kappa shape index (κ2) is 7.64. The fourth-order valence-electron chi connectivity index (χ4n) is 2.99. The summed E-state index contributed by atoms with van der Waals surface area (Å²) >= 11 is 0. The molecular formula is C17H22F2N2O2. The van der Waals surface area contributed by atoms with Gasteiger partial charge in [0.2, 0.25) is 5.91 Å². The average molecular weight is 324 g/mol. The number of ketones is 1. The third-order valence-corrected chi connectivity index (χ3v) is 4.28. The smallest absolute Gasteiger partial charge is 0.223 e. The summed E-state index contributed by atoms with van der Waals surface area (Å²) in [5, 5.41) is 0. The van der Waals surface area contributed by atoms with Crippen LogP contribution < -0.4 is 5.73 Å². The molecule has 1 aliphatic rings. The van der Waals surface area contributed by atoms with Crippen molar-refractivity contribution >= 4 is 11.7 Å². The van der Waals surface area contributed by atoms with Crippen LogP contribution >= 0.6 is 0 Å². The number of rotatable bonds is 5. The Balaban J connectivity index is 1.95. The van der Waals surface area contributed by atoms with Gasteiger partial charge in [-0.3, -0.25) is 9.59 Å². The van der Waals surface area contributed by atoms with E-state index in [-0.39, 0.29) is 42.2 Å². The first kappa shape index (κ1) is 17.5. The lowest BCUT2D eigenvalue weighted by Crippen LogP contribution is -2.51. The summed E-state index contributed by atoms with van der Waals surface area (Å²) < 4.78 is 26.0. The number of carbonyl (C=O) groups excluding carboxylic acids is 2. The maximum absolute atomic E-state index is 13.2. The lowest BCUT2D eigenvalue weighted by Gasteiger charge is -2.38. The minimum Gasteiger partial charge on any atom is -0.338 e. The molecule has 1 saturated heterocycles. The van der Waals surface area contributed by atoms with Crippen LogP contribution in [0.4, 0.5) is 8.78 Å². The van der Waals surface area contributed by atoms with Crippen molar-refractivity contribution in [3.63, 3.8) is 0 Å². The number of nitrogens with zero attached hydrogens (tertiary/aromatic N) is 1. The van der Waals surface area contributed by atoms with E-state index in [0.717, 1.165) is 31.4 Å². The molecule has 6 heteroatoms. The Morgan fingerprint density at radius 1 is 1.26 bits per heavy atom. The number of likely N-dealkylation sites (tertiary alicyclic amines) is 1. The zero-order valence-corrected chi connectivity index (χ0v) is 13.2. The van der Waals surface area contributed by atoms with Crippen LogP contribution in [0.25, 0.3) is 0 Å². The van der Waals surface area contributed by atoms with Crippen LogP contribution in [0.5, 0.6) is 0 Å². The number of nitrogens with two attached hydrogens (primary N) is 1. The van der Waals surface area contributed by atoms with Crippen molar-refractivity contribution < 1.29 is 18.4 Å². The molecule has 0 spiro atoms. The van der Waals surface area contributed by atoms with Crippen LogP contribution in [-0.4, -0.2) is 35.2 Å². The molecule has 0 aliphatic carbocycles. The third kappa shape index (κ3) is 4.34. The van der Waals surface area contributed by atoms with Gasteiger partial charge in [0, 0.05) is 37.0 Å². The van der Waals surface area contributed by atoms with Crippen molar-refractivity contribution in [3.8, 4) is 0 Å². The van der Waals surface area contributed by atoms with Gasteiger partial charge in [0.25, 0.3) is 0 Å². The van der Waals surface area contributed by atoms with E-state index in [1.54, 1.807) is 4.90 Å². The Kier molecular flexibility index (Phi) is 5.82. The fraction of sp³-hybridized carbons (Fsp3) is 0.529. The second-order valence-corrected chi connectivity index (χ2v) is 6.06. The van der Waals surface area contributed by atoms with E-state index in [1.807, 2.05) is 6.92 Å². The highest BCUT2D eigenvalue weighted by molar-refractivity contribution is 5.98. The molecule has 4 nitrogen and oxygen atoms in total. The topological polar surface area (TPSA) is 63.4 Å². The molecule has 1 amide bonds. The van der Waals surface area contributed by atoms with E-state index in [2.05, 4.69) is 0 Å². The fourth-order valence-corrected chi connectivity index (χ4v) is 2.99. The van der Waals surface area contributed by atoms with E-state index >= 15 is 0 Å². The number of hydrogen-bond acceptors (Lipinski definition) is 3. The van der Waals surface area contributed by atoms with Crippen molar-refractivity contribution in [2.75, 3.05) is 6.54 Å². The summed E-state index contributed by atoms with van der Waals surface area (Å²) in [6.07, 6.45) is 2.89. The molecule has 1 aliphatic heterocycles. The Hall–Kier alpha value is -1.82. The monoisotopic (exact) mass is 324 g/mol. The van der Waals surface area contributed by atoms with Gasteiger partial charge in [-0.1, -0.05) is 0 Å². The summed E-state index contributed by atoms with van der Waals surface area (Å²) in [5.74, 6) is -2.53. The molecule has 23 heavy (non-hydrogen) atoms. The van der Waals surface area contributed by atoms with Crippen LogP contribution in [0.3, 0.4) is 0 Å². The third-order valence-electron chi connectivity index (χ3n) is 4.28. The zero-order valence-electron chi connectivity index (χ0n) is 13.2. The standard InChI is InChI=1S/C17H22F2N2O2/c1-11(20)15-4-2-3-9-21(15)17(23)8-7-16(22)12-5-6-13(18)14(19)10-12/h5-6,10-11,15H,2-4,7-9,20H2,1H3. The minimum absolute atomic E-state index is 0.00891. The number of amides is 1. The lowest BCUT2D eigenvalue weighted by atomic mass is 9.96. The molecule has 0 saturated carbocycles. The molecule has 2 N–H and O–H groups in total. The van der Waals surface area contributed by atoms with Crippen molar-refractivity contribution in [1.29, 1.82) is 0 Å². The van der Waals surface area contributed by atoms with Crippen molar-refractivity contribution in [1.82, 2.24) is 4.90 Å². The normalized spacial score (nSPS) is 19.5. The molecule has 2 atom stereocenters. The summed E-state index contributed by atoms with van der Waals surface area (Å²) in [6.45, 7) is 2.53. The Labute approximate surface area is 134 Å². The van der Waals surface area contributed by atoms with E-state index in [4.69, 9.17) is 5.73 Å². The molecular weight excluding hydrogens is 302 g/mol. The summed E-state index contributed by atoms with van der Waals surface area (Å²) in [5.41, 5.74) is 6.02.